The number of rotatable bonds is 5. The van der Waals surface area contributed by atoms with Crippen LogP contribution in [-0.4, -0.2) is 90.9 Å². The Morgan fingerprint density at radius 3 is 2.20 bits per heavy atom. The van der Waals surface area contributed by atoms with Crippen molar-refractivity contribution in [3.05, 3.63) is 0 Å². The Hall–Kier alpha value is -1.67. The Morgan fingerprint density at radius 2 is 1.60 bits per heavy atom. The van der Waals surface area contributed by atoms with Gasteiger partial charge in [0.25, 0.3) is 0 Å². The van der Waals surface area contributed by atoms with Crippen LogP contribution >= 0.6 is 0 Å². The van der Waals surface area contributed by atoms with Gasteiger partial charge in [0, 0.05) is 45.3 Å². The molecule has 2 saturated heterocycles. The fourth-order valence-electron chi connectivity index (χ4n) is 3.43. The maximum atomic E-state index is 12.5. The number of hydrogen-bond donors (Lipinski definition) is 2. The number of carbonyl (C=O) groups excluding carboxylic acids is 3. The number of carbonyl (C=O) groups is 3. The lowest BCUT2D eigenvalue weighted by atomic mass is 10.0. The molecule has 2 aliphatic heterocycles. The minimum absolute atomic E-state index is 0.210. The quantitative estimate of drug-likeness (QED) is 0.718. The summed E-state index contributed by atoms with van der Waals surface area (Å²) < 4.78 is 0. The summed E-state index contributed by atoms with van der Waals surface area (Å²) in [6.45, 7) is 8.95. The third kappa shape index (κ3) is 6.28. The van der Waals surface area contributed by atoms with Crippen molar-refractivity contribution < 1.29 is 14.4 Å². The molecule has 0 aromatic carbocycles. The van der Waals surface area contributed by atoms with Crippen molar-refractivity contribution in [1.82, 2.24) is 25.3 Å². The molecule has 142 valence electrons. The standard InChI is InChI=1S/C17H31N5O3/c1-3-18-17(25)19-15(23)12-20-8-10-21(11-9-20)13-16(24)22-7-5-4-6-14(22)2/h14H,3-13H2,1-2H3,(H2,18,19,23,25). The summed E-state index contributed by atoms with van der Waals surface area (Å²) in [7, 11) is 0. The summed E-state index contributed by atoms with van der Waals surface area (Å²) in [5, 5.41) is 4.85. The first-order valence-corrected chi connectivity index (χ1v) is 9.31. The number of likely N-dealkylation sites (tertiary alicyclic amines) is 1. The lowest BCUT2D eigenvalue weighted by Crippen LogP contribution is -2.54. The van der Waals surface area contributed by atoms with E-state index in [9.17, 15) is 14.4 Å². The van der Waals surface area contributed by atoms with Crippen LogP contribution in [0.5, 0.6) is 0 Å². The Labute approximate surface area is 149 Å². The van der Waals surface area contributed by atoms with E-state index in [0.717, 1.165) is 45.6 Å². The van der Waals surface area contributed by atoms with Gasteiger partial charge in [0.1, 0.15) is 0 Å². The van der Waals surface area contributed by atoms with Gasteiger partial charge in [-0.25, -0.2) is 4.79 Å². The highest BCUT2D eigenvalue weighted by Crippen LogP contribution is 2.16. The summed E-state index contributed by atoms with van der Waals surface area (Å²) in [4.78, 5) is 41.8. The molecule has 2 fully saturated rings. The third-order valence-electron chi connectivity index (χ3n) is 4.90. The maximum Gasteiger partial charge on any atom is 0.321 e. The van der Waals surface area contributed by atoms with Crippen LogP contribution in [0, 0.1) is 0 Å². The summed E-state index contributed by atoms with van der Waals surface area (Å²) in [5.41, 5.74) is 0. The minimum atomic E-state index is -0.451. The average Bonchev–Trinajstić information content (AvgIpc) is 2.57. The highest BCUT2D eigenvalue weighted by molar-refractivity contribution is 5.95. The van der Waals surface area contributed by atoms with E-state index >= 15 is 0 Å². The Bertz CT molecular complexity index is 477. The largest absolute Gasteiger partial charge is 0.339 e. The molecule has 2 aliphatic rings. The second kappa shape index (κ2) is 9.72. The Kier molecular flexibility index (Phi) is 7.64. The monoisotopic (exact) mass is 353 g/mol. The van der Waals surface area contributed by atoms with Crippen molar-refractivity contribution >= 4 is 17.8 Å². The van der Waals surface area contributed by atoms with E-state index in [2.05, 4.69) is 22.5 Å². The van der Waals surface area contributed by atoms with Gasteiger partial charge < -0.3 is 10.2 Å². The van der Waals surface area contributed by atoms with Gasteiger partial charge in [0.15, 0.2) is 0 Å². The zero-order valence-corrected chi connectivity index (χ0v) is 15.4. The molecule has 0 bridgehead atoms. The number of imide groups is 1. The molecule has 2 N–H and O–H groups in total. The molecule has 2 rings (SSSR count). The van der Waals surface area contributed by atoms with E-state index in [1.54, 1.807) is 6.92 Å². The van der Waals surface area contributed by atoms with Crippen LogP contribution in [0.3, 0.4) is 0 Å². The molecule has 8 heteroatoms. The van der Waals surface area contributed by atoms with E-state index in [0.29, 0.717) is 19.1 Å². The van der Waals surface area contributed by atoms with Gasteiger partial charge in [0.05, 0.1) is 13.1 Å². The number of piperidine rings is 1. The van der Waals surface area contributed by atoms with E-state index < -0.39 is 6.03 Å². The highest BCUT2D eigenvalue weighted by Gasteiger charge is 2.26. The number of urea groups is 1. The number of amides is 4. The minimum Gasteiger partial charge on any atom is -0.339 e. The van der Waals surface area contributed by atoms with Crippen molar-refractivity contribution in [2.24, 2.45) is 0 Å². The number of nitrogens with one attached hydrogen (secondary N) is 2. The van der Waals surface area contributed by atoms with Crippen molar-refractivity contribution in [2.75, 3.05) is 52.4 Å². The van der Waals surface area contributed by atoms with E-state index in [4.69, 9.17) is 0 Å². The van der Waals surface area contributed by atoms with Gasteiger partial charge in [-0.2, -0.15) is 0 Å². The van der Waals surface area contributed by atoms with Crippen LogP contribution in [0.1, 0.15) is 33.1 Å². The Balaban J connectivity index is 1.68. The fourth-order valence-corrected chi connectivity index (χ4v) is 3.43. The Morgan fingerprint density at radius 1 is 0.960 bits per heavy atom. The van der Waals surface area contributed by atoms with E-state index in [1.165, 1.54) is 6.42 Å². The molecule has 1 atom stereocenters. The molecule has 0 aromatic heterocycles. The molecule has 1 unspecified atom stereocenters. The summed E-state index contributed by atoms with van der Waals surface area (Å²) in [6, 6.07) is -0.104. The molecule has 0 aliphatic carbocycles. The van der Waals surface area contributed by atoms with Crippen molar-refractivity contribution in [3.63, 3.8) is 0 Å². The van der Waals surface area contributed by atoms with E-state index in [-0.39, 0.29) is 18.4 Å². The van der Waals surface area contributed by atoms with Gasteiger partial charge in [-0.15, -0.1) is 0 Å². The van der Waals surface area contributed by atoms with Crippen LogP contribution < -0.4 is 10.6 Å². The zero-order valence-electron chi connectivity index (χ0n) is 15.4. The second-order valence-corrected chi connectivity index (χ2v) is 6.89. The van der Waals surface area contributed by atoms with Crippen LogP contribution in [0.2, 0.25) is 0 Å². The van der Waals surface area contributed by atoms with Crippen LogP contribution in [0.4, 0.5) is 4.79 Å². The molecule has 0 radical (unpaired) electrons. The smallest absolute Gasteiger partial charge is 0.321 e. The van der Waals surface area contributed by atoms with Crippen LogP contribution in [0.25, 0.3) is 0 Å². The van der Waals surface area contributed by atoms with Crippen molar-refractivity contribution in [3.8, 4) is 0 Å². The fraction of sp³-hybridized carbons (Fsp3) is 0.824. The lowest BCUT2D eigenvalue weighted by molar-refractivity contribution is -0.136. The van der Waals surface area contributed by atoms with Crippen LogP contribution in [-0.2, 0) is 9.59 Å². The van der Waals surface area contributed by atoms with Gasteiger partial charge >= 0.3 is 6.03 Å². The third-order valence-corrected chi connectivity index (χ3v) is 4.90. The molecule has 0 saturated carbocycles. The average molecular weight is 353 g/mol. The predicted octanol–water partition coefficient (Wildman–Crippen LogP) is -0.149. The first-order valence-electron chi connectivity index (χ1n) is 9.31. The molecular weight excluding hydrogens is 322 g/mol. The number of nitrogens with zero attached hydrogens (tertiary/aromatic N) is 3. The van der Waals surface area contributed by atoms with Crippen molar-refractivity contribution in [2.45, 2.75) is 39.2 Å². The van der Waals surface area contributed by atoms with Crippen LogP contribution in [0.15, 0.2) is 0 Å². The molecule has 25 heavy (non-hydrogen) atoms. The molecular formula is C17H31N5O3. The SMILES string of the molecule is CCNC(=O)NC(=O)CN1CCN(CC(=O)N2CCCCC2C)CC1. The molecule has 0 spiro atoms. The van der Waals surface area contributed by atoms with Crippen molar-refractivity contribution in [1.29, 1.82) is 0 Å². The summed E-state index contributed by atoms with van der Waals surface area (Å²) in [6.07, 6.45) is 3.41. The van der Waals surface area contributed by atoms with Gasteiger partial charge in [0.2, 0.25) is 11.8 Å². The molecule has 4 amide bonds. The molecule has 2 heterocycles. The first kappa shape index (κ1) is 19.7. The summed E-state index contributed by atoms with van der Waals surface area (Å²) in [5.74, 6) is -0.0766. The molecule has 8 nitrogen and oxygen atoms in total. The first-order chi connectivity index (χ1) is 12.0. The second-order valence-electron chi connectivity index (χ2n) is 6.89. The lowest BCUT2D eigenvalue weighted by Gasteiger charge is -2.37. The molecule has 0 aromatic rings. The predicted molar refractivity (Wildman–Crippen MR) is 95.1 cm³/mol. The van der Waals surface area contributed by atoms with Gasteiger partial charge in [-0.1, -0.05) is 0 Å². The van der Waals surface area contributed by atoms with Gasteiger partial charge in [-0.3, -0.25) is 24.7 Å². The summed E-state index contributed by atoms with van der Waals surface area (Å²) >= 11 is 0. The highest BCUT2D eigenvalue weighted by atomic mass is 16.2. The zero-order chi connectivity index (χ0) is 18.2. The topological polar surface area (TPSA) is 85.0 Å². The van der Waals surface area contributed by atoms with Gasteiger partial charge in [-0.05, 0) is 33.1 Å². The maximum absolute atomic E-state index is 12.5. The number of hydrogen-bond acceptors (Lipinski definition) is 5. The normalized spacial score (nSPS) is 22.5. The van der Waals surface area contributed by atoms with E-state index in [1.807, 2.05) is 9.80 Å². The number of piperazine rings is 1.